The molecule has 0 aromatic heterocycles. The summed E-state index contributed by atoms with van der Waals surface area (Å²) in [6.07, 6.45) is 5.43. The van der Waals surface area contributed by atoms with Gasteiger partial charge >= 0.3 is 0 Å². The van der Waals surface area contributed by atoms with Crippen LogP contribution in [-0.4, -0.2) is 24.9 Å². The first-order valence-corrected chi connectivity index (χ1v) is 8.30. The molecule has 3 N–H and O–H groups in total. The first-order chi connectivity index (χ1) is 10.1. The van der Waals surface area contributed by atoms with E-state index in [1.807, 2.05) is 12.1 Å². The van der Waals surface area contributed by atoms with Crippen molar-refractivity contribution in [3.05, 3.63) is 22.2 Å². The van der Waals surface area contributed by atoms with Crippen LogP contribution in [0.25, 0.3) is 0 Å². The minimum Gasteiger partial charge on any atom is -0.493 e. The van der Waals surface area contributed by atoms with Crippen LogP contribution in [0, 0.1) is 5.92 Å². The molecular formula is C16H24BrNO3. The Balaban J connectivity index is 1.95. The molecule has 1 unspecified atom stereocenters. The van der Waals surface area contributed by atoms with E-state index in [1.165, 1.54) is 25.7 Å². The smallest absolute Gasteiger partial charge is 0.175 e. The Labute approximate surface area is 134 Å². The predicted molar refractivity (Wildman–Crippen MR) is 86.7 cm³/mol. The Bertz CT molecular complexity index is 461. The third-order valence-corrected chi connectivity index (χ3v) is 4.61. The summed E-state index contributed by atoms with van der Waals surface area (Å²) in [7, 11) is 1.60. The molecule has 2 rings (SSSR count). The molecule has 118 valence electrons. The summed E-state index contributed by atoms with van der Waals surface area (Å²) < 4.78 is 11.9. The molecular weight excluding hydrogens is 334 g/mol. The molecule has 1 fully saturated rings. The van der Waals surface area contributed by atoms with Crippen molar-refractivity contribution in [3.8, 4) is 11.5 Å². The van der Waals surface area contributed by atoms with E-state index >= 15 is 0 Å². The van der Waals surface area contributed by atoms with Crippen LogP contribution < -0.4 is 15.2 Å². The van der Waals surface area contributed by atoms with Crippen molar-refractivity contribution in [1.82, 2.24) is 0 Å². The highest BCUT2D eigenvalue weighted by molar-refractivity contribution is 9.10. The van der Waals surface area contributed by atoms with Crippen LogP contribution in [0.3, 0.4) is 0 Å². The first-order valence-electron chi connectivity index (χ1n) is 7.51. The van der Waals surface area contributed by atoms with Crippen LogP contribution in [0.4, 0.5) is 0 Å². The van der Waals surface area contributed by atoms with Gasteiger partial charge in [0.1, 0.15) is 6.61 Å². The van der Waals surface area contributed by atoms with Crippen LogP contribution in [0.1, 0.15) is 37.7 Å². The van der Waals surface area contributed by atoms with E-state index in [2.05, 4.69) is 15.9 Å². The van der Waals surface area contributed by atoms with Gasteiger partial charge in [0, 0.05) is 6.54 Å². The van der Waals surface area contributed by atoms with E-state index in [1.54, 1.807) is 7.11 Å². The largest absolute Gasteiger partial charge is 0.493 e. The Hall–Kier alpha value is -0.780. The lowest BCUT2D eigenvalue weighted by atomic mass is 10.0. The molecule has 1 aliphatic rings. The zero-order valence-electron chi connectivity index (χ0n) is 12.5. The lowest BCUT2D eigenvalue weighted by Crippen LogP contribution is -2.20. The van der Waals surface area contributed by atoms with E-state index in [-0.39, 0.29) is 6.61 Å². The molecule has 1 atom stereocenters. The quantitative estimate of drug-likeness (QED) is 0.786. The molecule has 1 saturated carbocycles. The minimum absolute atomic E-state index is 0.285. The van der Waals surface area contributed by atoms with E-state index in [0.29, 0.717) is 24.0 Å². The SMILES string of the molecule is COc1cc(CN)cc(Br)c1OCC(O)CC1CCCC1. The van der Waals surface area contributed by atoms with Crippen LogP contribution in [-0.2, 0) is 6.54 Å². The Kier molecular flexibility index (Phi) is 6.33. The number of aliphatic hydroxyl groups excluding tert-OH is 1. The molecule has 1 aliphatic carbocycles. The van der Waals surface area contributed by atoms with E-state index in [4.69, 9.17) is 15.2 Å². The molecule has 5 heteroatoms. The predicted octanol–water partition coefficient (Wildman–Crippen LogP) is 3.24. The van der Waals surface area contributed by atoms with Crippen LogP contribution >= 0.6 is 15.9 Å². The van der Waals surface area contributed by atoms with Crippen molar-refractivity contribution in [2.45, 2.75) is 44.8 Å². The van der Waals surface area contributed by atoms with Gasteiger partial charge in [-0.15, -0.1) is 0 Å². The monoisotopic (exact) mass is 357 g/mol. The molecule has 0 bridgehead atoms. The summed E-state index contributed by atoms with van der Waals surface area (Å²) in [5, 5.41) is 10.1. The number of benzene rings is 1. The average Bonchev–Trinajstić information content (AvgIpc) is 2.97. The normalized spacial score (nSPS) is 17.0. The van der Waals surface area contributed by atoms with Crippen molar-refractivity contribution in [1.29, 1.82) is 0 Å². The average molecular weight is 358 g/mol. The number of hydrogen-bond donors (Lipinski definition) is 2. The Morgan fingerprint density at radius 1 is 1.38 bits per heavy atom. The second-order valence-electron chi connectivity index (χ2n) is 5.66. The number of hydrogen-bond acceptors (Lipinski definition) is 4. The third kappa shape index (κ3) is 4.59. The zero-order valence-corrected chi connectivity index (χ0v) is 14.1. The molecule has 1 aromatic carbocycles. The number of halogens is 1. The molecule has 0 heterocycles. The fourth-order valence-electron chi connectivity index (χ4n) is 2.91. The summed E-state index contributed by atoms with van der Waals surface area (Å²) in [6, 6.07) is 3.78. The topological polar surface area (TPSA) is 64.7 Å². The van der Waals surface area contributed by atoms with Gasteiger partial charge in [-0.1, -0.05) is 25.7 Å². The minimum atomic E-state index is -0.432. The number of nitrogens with two attached hydrogens (primary N) is 1. The van der Waals surface area contributed by atoms with Gasteiger partial charge in [-0.2, -0.15) is 0 Å². The van der Waals surface area contributed by atoms with Crippen molar-refractivity contribution in [2.24, 2.45) is 11.7 Å². The molecule has 0 spiro atoms. The van der Waals surface area contributed by atoms with Crippen LogP contribution in [0.2, 0.25) is 0 Å². The third-order valence-electron chi connectivity index (χ3n) is 4.03. The van der Waals surface area contributed by atoms with Crippen molar-refractivity contribution < 1.29 is 14.6 Å². The first kappa shape index (κ1) is 16.6. The summed E-state index contributed by atoms with van der Waals surface area (Å²) in [5.74, 6) is 1.91. The summed E-state index contributed by atoms with van der Waals surface area (Å²) >= 11 is 3.48. The summed E-state index contributed by atoms with van der Waals surface area (Å²) in [4.78, 5) is 0. The van der Waals surface area contributed by atoms with Gasteiger partial charge in [-0.3, -0.25) is 0 Å². The molecule has 1 aromatic rings. The second-order valence-corrected chi connectivity index (χ2v) is 6.52. The highest BCUT2D eigenvalue weighted by Crippen LogP contribution is 2.37. The molecule has 21 heavy (non-hydrogen) atoms. The maximum Gasteiger partial charge on any atom is 0.175 e. The van der Waals surface area contributed by atoms with Gasteiger partial charge < -0.3 is 20.3 Å². The fourth-order valence-corrected chi connectivity index (χ4v) is 3.51. The van der Waals surface area contributed by atoms with Crippen LogP contribution in [0.15, 0.2) is 16.6 Å². The van der Waals surface area contributed by atoms with Gasteiger partial charge in [-0.25, -0.2) is 0 Å². The number of aliphatic hydroxyl groups is 1. The van der Waals surface area contributed by atoms with Crippen molar-refractivity contribution in [3.63, 3.8) is 0 Å². The van der Waals surface area contributed by atoms with Gasteiger partial charge in [-0.05, 0) is 46.0 Å². The maximum absolute atomic E-state index is 10.1. The lowest BCUT2D eigenvalue weighted by molar-refractivity contribution is 0.0838. The molecule has 4 nitrogen and oxygen atoms in total. The number of rotatable bonds is 7. The van der Waals surface area contributed by atoms with Crippen LogP contribution in [0.5, 0.6) is 11.5 Å². The Morgan fingerprint density at radius 2 is 2.10 bits per heavy atom. The summed E-state index contributed by atoms with van der Waals surface area (Å²) in [6.45, 7) is 0.729. The molecule has 0 amide bonds. The zero-order chi connectivity index (χ0) is 15.2. The molecule has 0 radical (unpaired) electrons. The van der Waals surface area contributed by atoms with Gasteiger partial charge in [0.05, 0.1) is 17.7 Å². The summed E-state index contributed by atoms with van der Waals surface area (Å²) in [5.41, 5.74) is 6.62. The van der Waals surface area contributed by atoms with Gasteiger partial charge in [0.15, 0.2) is 11.5 Å². The highest BCUT2D eigenvalue weighted by Gasteiger charge is 2.20. The number of ether oxygens (including phenoxy) is 2. The second kappa shape index (κ2) is 8.01. The fraction of sp³-hybridized carbons (Fsp3) is 0.625. The lowest BCUT2D eigenvalue weighted by Gasteiger charge is -2.18. The molecule has 0 aliphatic heterocycles. The van der Waals surface area contributed by atoms with Crippen molar-refractivity contribution >= 4 is 15.9 Å². The van der Waals surface area contributed by atoms with Gasteiger partial charge in [0.2, 0.25) is 0 Å². The number of methoxy groups -OCH3 is 1. The Morgan fingerprint density at radius 3 is 2.71 bits per heavy atom. The molecule has 0 saturated heterocycles. The highest BCUT2D eigenvalue weighted by atomic mass is 79.9. The standard InChI is InChI=1S/C16H24BrNO3/c1-20-15-8-12(9-18)7-14(17)16(15)21-10-13(19)6-11-4-2-3-5-11/h7-8,11,13,19H,2-6,9-10,18H2,1H3. The van der Waals surface area contributed by atoms with E-state index < -0.39 is 6.10 Å². The van der Waals surface area contributed by atoms with E-state index in [9.17, 15) is 5.11 Å². The van der Waals surface area contributed by atoms with Crippen molar-refractivity contribution in [2.75, 3.05) is 13.7 Å². The maximum atomic E-state index is 10.1. The van der Waals surface area contributed by atoms with E-state index in [0.717, 1.165) is 16.5 Å². The van der Waals surface area contributed by atoms with Gasteiger partial charge in [0.25, 0.3) is 0 Å².